The molecule has 0 amide bonds. The van der Waals surface area contributed by atoms with E-state index in [0.29, 0.717) is 11.1 Å². The van der Waals surface area contributed by atoms with Gasteiger partial charge < -0.3 is 19.7 Å². The largest absolute Gasteiger partial charge is 0.505 e. The average Bonchev–Trinajstić information content (AvgIpc) is 3.08. The molecule has 2 aliphatic rings. The van der Waals surface area contributed by atoms with Crippen molar-refractivity contribution in [1.82, 2.24) is 0 Å². The number of carbonyl (C=O) groups is 1. The molecule has 1 spiro atoms. The first-order valence-corrected chi connectivity index (χ1v) is 13.3. The van der Waals surface area contributed by atoms with Gasteiger partial charge in [0.15, 0.2) is 17.1 Å². The summed E-state index contributed by atoms with van der Waals surface area (Å²) < 4.78 is 13.0. The van der Waals surface area contributed by atoms with Crippen molar-refractivity contribution in [2.75, 3.05) is 0 Å². The fraction of sp³-hybridized carbons (Fsp3) is 0.0500. The number of phenols is 2. The van der Waals surface area contributed by atoms with E-state index in [1.807, 2.05) is 0 Å². The van der Waals surface area contributed by atoms with Gasteiger partial charge >= 0.3 is 5.97 Å². The first kappa shape index (κ1) is 27.6. The molecule has 1 radical (unpaired) electrons. The number of hydrogen-bond acceptors (Lipinski definition) is 5. The van der Waals surface area contributed by atoms with Crippen LogP contribution in [-0.4, -0.2) is 45.7 Å². The third-order valence-corrected chi connectivity index (χ3v) is 9.81. The molecule has 5 nitrogen and oxygen atoms in total. The Hall–Kier alpha value is 0.610. The number of hydrogen-bond donors (Lipinski definition) is 2. The van der Waals surface area contributed by atoms with Gasteiger partial charge in [0.25, 0.3) is 0 Å². The van der Waals surface area contributed by atoms with Gasteiger partial charge in [-0.2, -0.15) is 0 Å². The van der Waals surface area contributed by atoms with Crippen LogP contribution in [0.4, 0.5) is 0 Å². The van der Waals surface area contributed by atoms with Gasteiger partial charge in [-0.25, -0.2) is 4.79 Å². The summed E-state index contributed by atoms with van der Waals surface area (Å²) in [4.78, 5) is 13.2. The molecule has 0 saturated heterocycles. The fourth-order valence-electron chi connectivity index (χ4n) is 3.93. The van der Waals surface area contributed by atoms with Crippen molar-refractivity contribution in [3.05, 3.63) is 72.4 Å². The molecule has 0 fully saturated rings. The predicted molar refractivity (Wildman–Crippen MR) is 145 cm³/mol. The summed E-state index contributed by atoms with van der Waals surface area (Å²) in [6, 6.07) is 3.06. The smallest absolute Gasteiger partial charge is 0.341 e. The fourth-order valence-corrected chi connectivity index (χ4v) is 7.39. The Kier molecular flexibility index (Phi) is 7.65. The van der Waals surface area contributed by atoms with Crippen LogP contribution in [0.25, 0.3) is 0 Å². The SMILES string of the molecule is O=C1OC2(c3cc(Br)c(O)c(Br)c3Oc3c2cc(Br)c(O)c3Br)c2c(Cl)c(Cl)c(Cl)c(Cl)c21.[Na]. The quantitative estimate of drug-likeness (QED) is 0.103. The van der Waals surface area contributed by atoms with E-state index in [9.17, 15) is 15.0 Å². The predicted octanol–water partition coefficient (Wildman–Crippen LogP) is 8.95. The molecular weight excluding hydrogens is 805 g/mol. The van der Waals surface area contributed by atoms with Crippen LogP contribution in [-0.2, 0) is 10.3 Å². The molecule has 14 heteroatoms. The third-order valence-electron chi connectivity index (χ3n) is 5.33. The molecule has 3 aromatic rings. The Morgan fingerprint density at radius 3 is 1.68 bits per heavy atom. The summed E-state index contributed by atoms with van der Waals surface area (Å²) in [7, 11) is 0. The van der Waals surface area contributed by atoms with E-state index in [-0.39, 0.29) is 102 Å². The first-order valence-electron chi connectivity index (χ1n) is 8.63. The number of ether oxygens (including phenoxy) is 2. The maximum Gasteiger partial charge on any atom is 0.341 e. The van der Waals surface area contributed by atoms with E-state index < -0.39 is 11.6 Å². The minimum Gasteiger partial charge on any atom is -0.505 e. The van der Waals surface area contributed by atoms with Crippen molar-refractivity contribution >= 4 is 146 Å². The van der Waals surface area contributed by atoms with Crippen molar-refractivity contribution in [3.63, 3.8) is 0 Å². The monoisotopic (exact) mass is 803 g/mol. The van der Waals surface area contributed by atoms with Crippen LogP contribution >= 0.6 is 110 Å². The van der Waals surface area contributed by atoms with Crippen molar-refractivity contribution in [2.45, 2.75) is 5.60 Å². The summed E-state index contributed by atoms with van der Waals surface area (Å²) in [5, 5.41) is 20.7. The molecule has 0 saturated carbocycles. The van der Waals surface area contributed by atoms with E-state index >= 15 is 0 Å². The van der Waals surface area contributed by atoms with Crippen LogP contribution in [0.5, 0.6) is 23.0 Å². The third kappa shape index (κ3) is 3.56. The second kappa shape index (κ2) is 9.42. The molecule has 0 aromatic heterocycles. The summed E-state index contributed by atoms with van der Waals surface area (Å²) in [5.74, 6) is -0.885. The zero-order chi connectivity index (χ0) is 24.1. The van der Waals surface area contributed by atoms with Crippen LogP contribution in [0, 0.1) is 0 Å². The Morgan fingerprint density at radius 1 is 0.765 bits per heavy atom. The van der Waals surface area contributed by atoms with Gasteiger partial charge in [-0.1, -0.05) is 46.4 Å². The van der Waals surface area contributed by atoms with E-state index in [4.69, 9.17) is 55.9 Å². The normalized spacial score (nSPS) is 14.6. The molecular formula is C20H4Br4Cl4NaO5. The minimum absolute atomic E-state index is 0. The Labute approximate surface area is 267 Å². The number of benzene rings is 3. The van der Waals surface area contributed by atoms with Crippen LogP contribution in [0.3, 0.4) is 0 Å². The van der Waals surface area contributed by atoms with E-state index in [1.54, 1.807) is 0 Å². The van der Waals surface area contributed by atoms with Gasteiger partial charge in [0.05, 0.1) is 45.7 Å². The molecule has 0 bridgehead atoms. The Balaban J connectivity index is 0.00000274. The standard InChI is InChI=1S/C20H4Br4Cl4O5.Na/c21-5-1-3-17(9(23)15(5)29)32-18-4(2-6(22)16(30)10(18)24)20(3)8-7(19(31)33-20)11(25)13(27)14(28)12(8)26;/h1-2,29-30H;. The van der Waals surface area contributed by atoms with E-state index in [1.165, 1.54) is 12.1 Å². The van der Waals surface area contributed by atoms with Crippen LogP contribution in [0.15, 0.2) is 30.0 Å². The van der Waals surface area contributed by atoms with Gasteiger partial charge in [-0.3, -0.25) is 0 Å². The summed E-state index contributed by atoms with van der Waals surface area (Å²) in [5.41, 5.74) is -1.02. The molecule has 0 atom stereocenters. The molecule has 2 N–H and O–H groups in total. The Bertz CT molecular complexity index is 1400. The zero-order valence-corrected chi connectivity index (χ0v) is 27.7. The van der Waals surface area contributed by atoms with Crippen LogP contribution < -0.4 is 4.74 Å². The molecule has 0 aliphatic carbocycles. The number of aromatic hydroxyl groups is 2. The van der Waals surface area contributed by atoms with Crippen molar-refractivity contribution in [3.8, 4) is 23.0 Å². The van der Waals surface area contributed by atoms with Crippen molar-refractivity contribution < 1.29 is 24.5 Å². The summed E-state index contributed by atoms with van der Waals surface area (Å²) in [6.45, 7) is 0. The Morgan fingerprint density at radius 2 is 1.21 bits per heavy atom. The zero-order valence-electron chi connectivity index (χ0n) is 16.3. The molecule has 3 aromatic carbocycles. The molecule has 171 valence electrons. The van der Waals surface area contributed by atoms with Gasteiger partial charge in [-0.05, 0) is 75.9 Å². The van der Waals surface area contributed by atoms with E-state index in [0.717, 1.165) is 0 Å². The van der Waals surface area contributed by atoms with E-state index in [2.05, 4.69) is 63.7 Å². The second-order valence-corrected chi connectivity index (χ2v) is 11.8. The molecule has 34 heavy (non-hydrogen) atoms. The number of esters is 1. The molecule has 2 aliphatic heterocycles. The molecule has 2 heterocycles. The number of halogens is 8. The maximum atomic E-state index is 13.2. The van der Waals surface area contributed by atoms with Crippen molar-refractivity contribution in [2.24, 2.45) is 0 Å². The number of fused-ring (bicyclic) bond motifs is 6. The van der Waals surface area contributed by atoms with Gasteiger partial charge in [0.2, 0.25) is 0 Å². The maximum absolute atomic E-state index is 13.2. The number of carbonyl (C=O) groups excluding carboxylic acids is 1. The van der Waals surface area contributed by atoms with Crippen molar-refractivity contribution in [1.29, 1.82) is 0 Å². The topological polar surface area (TPSA) is 76.0 Å². The van der Waals surface area contributed by atoms with Gasteiger partial charge in [-0.15, -0.1) is 0 Å². The average molecular weight is 809 g/mol. The van der Waals surface area contributed by atoms with Crippen LogP contribution in [0.1, 0.15) is 27.0 Å². The second-order valence-electron chi connectivity index (χ2n) is 6.97. The molecule has 5 rings (SSSR count). The number of phenolic OH excluding ortho intramolecular Hbond substituents is 2. The number of rotatable bonds is 0. The molecule has 0 unspecified atom stereocenters. The summed E-state index contributed by atoms with van der Waals surface area (Å²) >= 11 is 39.0. The first-order chi connectivity index (χ1) is 15.4. The summed E-state index contributed by atoms with van der Waals surface area (Å²) in [6.07, 6.45) is 0. The van der Waals surface area contributed by atoms with Gasteiger partial charge in [0.1, 0.15) is 20.4 Å². The van der Waals surface area contributed by atoms with Gasteiger partial charge in [0, 0.05) is 35.1 Å². The van der Waals surface area contributed by atoms with Crippen LogP contribution in [0.2, 0.25) is 20.1 Å². The minimum atomic E-state index is -1.72.